The summed E-state index contributed by atoms with van der Waals surface area (Å²) >= 11 is 1.69. The van der Waals surface area contributed by atoms with Crippen molar-refractivity contribution in [3.8, 4) is 11.5 Å². The molecule has 0 aliphatic carbocycles. The minimum absolute atomic E-state index is 0.193. The number of phenols is 1. The molecule has 2 atom stereocenters. The molecule has 100 valence electrons. The van der Waals surface area contributed by atoms with Crippen molar-refractivity contribution in [1.82, 2.24) is 10.3 Å². The number of hydrogen-bond acceptors (Lipinski definition) is 5. The third kappa shape index (κ3) is 2.57. The monoisotopic (exact) mass is 276 g/mol. The largest absolute Gasteiger partial charge is 0.508 e. The summed E-state index contributed by atoms with van der Waals surface area (Å²) in [5, 5.41) is 16.1. The second kappa shape index (κ2) is 5.19. The molecule has 1 aliphatic rings. The lowest BCUT2D eigenvalue weighted by Gasteiger charge is -2.15. The highest BCUT2D eigenvalue weighted by molar-refractivity contribution is 7.09. The summed E-state index contributed by atoms with van der Waals surface area (Å²) in [5.74, 6) is 1.41. The van der Waals surface area contributed by atoms with Crippen LogP contribution in [0.5, 0.6) is 11.5 Å². The minimum Gasteiger partial charge on any atom is -0.508 e. The number of aromatic hydroxyl groups is 1. The predicted octanol–water partition coefficient (Wildman–Crippen LogP) is 2.68. The van der Waals surface area contributed by atoms with Crippen molar-refractivity contribution in [3.05, 3.63) is 40.3 Å². The van der Waals surface area contributed by atoms with E-state index in [0.717, 1.165) is 22.9 Å². The van der Waals surface area contributed by atoms with Gasteiger partial charge >= 0.3 is 0 Å². The number of thiazole rings is 1. The average molecular weight is 276 g/mol. The van der Waals surface area contributed by atoms with Crippen LogP contribution in [0.15, 0.2) is 29.8 Å². The summed E-state index contributed by atoms with van der Waals surface area (Å²) in [6.45, 7) is 3.64. The molecule has 0 spiro atoms. The molecule has 1 aromatic heterocycles. The molecule has 3 rings (SSSR count). The van der Waals surface area contributed by atoms with Gasteiger partial charge in [0.2, 0.25) is 0 Å². The Morgan fingerprint density at radius 3 is 3.26 bits per heavy atom. The van der Waals surface area contributed by atoms with E-state index in [9.17, 15) is 5.11 Å². The zero-order chi connectivity index (χ0) is 13.2. The Hall–Kier alpha value is -1.59. The number of nitrogens with one attached hydrogen (secondary N) is 1. The molecule has 0 radical (unpaired) electrons. The highest BCUT2D eigenvalue weighted by atomic mass is 32.1. The van der Waals surface area contributed by atoms with E-state index in [2.05, 4.69) is 17.2 Å². The molecule has 1 aromatic carbocycles. The molecular weight excluding hydrogens is 260 g/mol. The van der Waals surface area contributed by atoms with Gasteiger partial charge in [0.15, 0.2) is 0 Å². The van der Waals surface area contributed by atoms with E-state index >= 15 is 0 Å². The van der Waals surface area contributed by atoms with Crippen molar-refractivity contribution in [3.63, 3.8) is 0 Å². The summed E-state index contributed by atoms with van der Waals surface area (Å²) in [6.07, 6.45) is 1.84. The molecular formula is C14H16N2O2S. The molecule has 19 heavy (non-hydrogen) atoms. The topological polar surface area (TPSA) is 54.4 Å². The van der Waals surface area contributed by atoms with Gasteiger partial charge in [0, 0.05) is 35.7 Å². The van der Waals surface area contributed by atoms with Gasteiger partial charge in [-0.1, -0.05) is 6.92 Å². The van der Waals surface area contributed by atoms with Gasteiger partial charge in [-0.3, -0.25) is 0 Å². The van der Waals surface area contributed by atoms with E-state index in [1.54, 1.807) is 23.5 Å². The molecule has 0 saturated carbocycles. The van der Waals surface area contributed by atoms with Crippen molar-refractivity contribution < 1.29 is 9.84 Å². The Balaban J connectivity index is 1.64. The van der Waals surface area contributed by atoms with Gasteiger partial charge in [0.1, 0.15) is 18.1 Å². The number of fused-ring (bicyclic) bond motifs is 1. The zero-order valence-corrected chi connectivity index (χ0v) is 11.5. The number of rotatable bonds is 4. The van der Waals surface area contributed by atoms with Crippen LogP contribution in [0.4, 0.5) is 0 Å². The fourth-order valence-corrected chi connectivity index (χ4v) is 2.95. The molecule has 2 N–H and O–H groups in total. The number of phenolic OH excluding ortho intramolecular Hbond substituents is 1. The number of nitrogens with zero attached hydrogens (tertiary/aromatic N) is 1. The number of ether oxygens (including phenoxy) is 1. The summed E-state index contributed by atoms with van der Waals surface area (Å²) in [5.41, 5.74) is 1.11. The molecule has 2 unspecified atom stereocenters. The minimum atomic E-state index is 0.193. The first-order valence-corrected chi connectivity index (χ1v) is 7.20. The van der Waals surface area contributed by atoms with Crippen molar-refractivity contribution in [2.45, 2.75) is 18.9 Å². The highest BCUT2D eigenvalue weighted by Gasteiger charge is 2.24. The fraction of sp³-hybridized carbons (Fsp3) is 0.357. The number of benzene rings is 1. The Labute approximate surface area is 116 Å². The quantitative estimate of drug-likeness (QED) is 0.901. The van der Waals surface area contributed by atoms with E-state index < -0.39 is 0 Å². The summed E-state index contributed by atoms with van der Waals surface area (Å²) in [6, 6.07) is 5.48. The first-order chi connectivity index (χ1) is 9.24. The Bertz CT molecular complexity index is 557. The van der Waals surface area contributed by atoms with Crippen molar-refractivity contribution in [2.24, 2.45) is 0 Å². The van der Waals surface area contributed by atoms with Gasteiger partial charge in [-0.25, -0.2) is 4.98 Å². The van der Waals surface area contributed by atoms with Gasteiger partial charge in [0.05, 0.1) is 11.0 Å². The highest BCUT2D eigenvalue weighted by Crippen LogP contribution is 2.35. The van der Waals surface area contributed by atoms with Crippen LogP contribution < -0.4 is 10.1 Å². The third-order valence-corrected chi connectivity index (χ3v) is 4.33. The molecule has 0 bridgehead atoms. The van der Waals surface area contributed by atoms with Crippen molar-refractivity contribution in [1.29, 1.82) is 0 Å². The Morgan fingerprint density at radius 2 is 2.47 bits per heavy atom. The molecule has 0 amide bonds. The Kier molecular flexibility index (Phi) is 3.40. The summed E-state index contributed by atoms with van der Waals surface area (Å²) in [4.78, 5) is 4.33. The van der Waals surface area contributed by atoms with Crippen LogP contribution in [-0.4, -0.2) is 23.2 Å². The van der Waals surface area contributed by atoms with Crippen LogP contribution >= 0.6 is 11.3 Å². The first-order valence-electron chi connectivity index (χ1n) is 6.32. The second-order valence-corrected chi connectivity index (χ2v) is 5.69. The maximum absolute atomic E-state index is 9.42. The van der Waals surface area contributed by atoms with Gasteiger partial charge in [-0.2, -0.15) is 0 Å². The molecule has 2 aromatic rings. The molecule has 0 fully saturated rings. The Morgan fingerprint density at radius 1 is 1.58 bits per heavy atom. The van der Waals surface area contributed by atoms with Crippen LogP contribution in [0.1, 0.15) is 29.5 Å². The third-order valence-electron chi connectivity index (χ3n) is 3.32. The molecule has 0 saturated heterocycles. The van der Waals surface area contributed by atoms with Crippen LogP contribution in [-0.2, 0) is 0 Å². The van der Waals surface area contributed by atoms with Gasteiger partial charge in [-0.15, -0.1) is 11.3 Å². The number of hydrogen-bond donors (Lipinski definition) is 2. The lowest BCUT2D eigenvalue weighted by atomic mass is 10.1. The standard InChI is InChI=1S/C14H16N2O2S/c1-9(14-15-4-5-19-14)7-16-12-8-18-13-6-10(17)2-3-11(12)13/h2-6,9,12,16-17H,7-8H2,1H3. The first kappa shape index (κ1) is 12.4. The summed E-state index contributed by atoms with van der Waals surface area (Å²) < 4.78 is 5.58. The van der Waals surface area contributed by atoms with Gasteiger partial charge in [-0.05, 0) is 12.1 Å². The van der Waals surface area contributed by atoms with Crippen LogP contribution in [0.25, 0.3) is 0 Å². The van der Waals surface area contributed by atoms with Gasteiger partial charge in [0.25, 0.3) is 0 Å². The lowest BCUT2D eigenvalue weighted by molar-refractivity contribution is 0.308. The molecule has 4 nitrogen and oxygen atoms in total. The maximum Gasteiger partial charge on any atom is 0.127 e. The van der Waals surface area contributed by atoms with Gasteiger partial charge < -0.3 is 15.2 Å². The average Bonchev–Trinajstić information content (AvgIpc) is 3.05. The molecule has 5 heteroatoms. The van der Waals surface area contributed by atoms with E-state index in [4.69, 9.17) is 4.74 Å². The smallest absolute Gasteiger partial charge is 0.127 e. The number of aromatic nitrogens is 1. The van der Waals surface area contributed by atoms with Crippen LogP contribution in [0.3, 0.4) is 0 Å². The second-order valence-electron chi connectivity index (χ2n) is 4.77. The van der Waals surface area contributed by atoms with E-state index in [0.29, 0.717) is 12.5 Å². The van der Waals surface area contributed by atoms with E-state index in [1.807, 2.05) is 17.6 Å². The van der Waals surface area contributed by atoms with Crippen molar-refractivity contribution >= 4 is 11.3 Å². The zero-order valence-electron chi connectivity index (χ0n) is 10.7. The molecule has 1 aliphatic heterocycles. The van der Waals surface area contributed by atoms with E-state index in [1.165, 1.54) is 0 Å². The lowest BCUT2D eigenvalue weighted by Crippen LogP contribution is -2.26. The van der Waals surface area contributed by atoms with Crippen LogP contribution in [0, 0.1) is 0 Å². The van der Waals surface area contributed by atoms with Crippen LogP contribution in [0.2, 0.25) is 0 Å². The van der Waals surface area contributed by atoms with E-state index in [-0.39, 0.29) is 11.8 Å². The normalized spacial score (nSPS) is 18.9. The van der Waals surface area contributed by atoms with Crippen molar-refractivity contribution in [2.75, 3.05) is 13.2 Å². The molecule has 2 heterocycles. The SMILES string of the molecule is CC(CNC1COc2cc(O)ccc21)c1nccs1. The summed E-state index contributed by atoms with van der Waals surface area (Å²) in [7, 11) is 0. The fourth-order valence-electron chi connectivity index (χ4n) is 2.25. The maximum atomic E-state index is 9.42. The predicted molar refractivity (Wildman–Crippen MR) is 74.9 cm³/mol.